The molecule has 0 N–H and O–H groups in total. The fraction of sp³-hybridized carbons (Fsp3) is 0.545. The summed E-state index contributed by atoms with van der Waals surface area (Å²) in [5.41, 5.74) is 3.65. The van der Waals surface area contributed by atoms with Crippen molar-refractivity contribution in [3.8, 4) is 0 Å². The first-order chi connectivity index (χ1) is 5.54. The predicted molar refractivity (Wildman–Crippen MR) is 54.3 cm³/mol. The maximum atomic E-state index is 4.37. The lowest BCUT2D eigenvalue weighted by Gasteiger charge is -2.12. The van der Waals surface area contributed by atoms with Crippen LogP contribution >= 0.6 is 0 Å². The second-order valence-electron chi connectivity index (χ2n) is 3.89. The van der Waals surface area contributed by atoms with Crippen LogP contribution in [0.1, 0.15) is 27.7 Å². The van der Waals surface area contributed by atoms with E-state index < -0.39 is 0 Å². The minimum atomic E-state index is 0.512. The number of aliphatic imine (C=N–C) groups is 1. The van der Waals surface area contributed by atoms with E-state index in [0.29, 0.717) is 11.8 Å². The van der Waals surface area contributed by atoms with E-state index in [4.69, 9.17) is 0 Å². The molecule has 0 unspecified atom stereocenters. The Labute approximate surface area is 74.9 Å². The Morgan fingerprint density at radius 3 is 2.08 bits per heavy atom. The van der Waals surface area contributed by atoms with Gasteiger partial charge in [-0.3, -0.25) is 4.99 Å². The monoisotopic (exact) mass is 163 g/mol. The van der Waals surface area contributed by atoms with Crippen molar-refractivity contribution < 1.29 is 0 Å². The second kappa shape index (κ2) is 3.26. The number of rotatable bonds is 2. The highest BCUT2D eigenvalue weighted by Gasteiger charge is 2.19. The van der Waals surface area contributed by atoms with Crippen molar-refractivity contribution in [1.82, 2.24) is 0 Å². The number of hydrogen-bond acceptors (Lipinski definition) is 1. The van der Waals surface area contributed by atoms with E-state index in [1.165, 1.54) is 11.3 Å². The minimum absolute atomic E-state index is 0.512. The van der Waals surface area contributed by atoms with Gasteiger partial charge >= 0.3 is 0 Å². The molecule has 0 amide bonds. The molecule has 0 bridgehead atoms. The lowest BCUT2D eigenvalue weighted by Crippen LogP contribution is -2.00. The van der Waals surface area contributed by atoms with Gasteiger partial charge in [0.1, 0.15) is 0 Å². The summed E-state index contributed by atoms with van der Waals surface area (Å²) in [6.45, 7) is 12.7. The molecule has 0 fully saturated rings. The fourth-order valence-corrected chi connectivity index (χ4v) is 1.58. The van der Waals surface area contributed by atoms with Gasteiger partial charge in [0.05, 0.1) is 0 Å². The third-order valence-corrected chi connectivity index (χ3v) is 2.11. The molecule has 0 aromatic heterocycles. The van der Waals surface area contributed by atoms with Gasteiger partial charge in [0.2, 0.25) is 0 Å². The molecular formula is C11H17N. The Morgan fingerprint density at radius 1 is 1.17 bits per heavy atom. The molecule has 66 valence electrons. The van der Waals surface area contributed by atoms with Crippen molar-refractivity contribution in [3.05, 3.63) is 23.4 Å². The third-order valence-electron chi connectivity index (χ3n) is 2.11. The first-order valence-electron chi connectivity index (χ1n) is 4.51. The van der Waals surface area contributed by atoms with Crippen molar-refractivity contribution in [1.29, 1.82) is 0 Å². The summed E-state index contributed by atoms with van der Waals surface area (Å²) in [5.74, 6) is 1.05. The molecule has 0 aromatic rings. The third kappa shape index (κ3) is 1.50. The molecule has 0 radical (unpaired) electrons. The van der Waals surface area contributed by atoms with Crippen LogP contribution in [0.2, 0.25) is 0 Å². The molecule has 1 aliphatic rings. The van der Waals surface area contributed by atoms with Gasteiger partial charge in [-0.2, -0.15) is 0 Å². The number of nitrogens with zero attached hydrogens (tertiary/aromatic N) is 1. The van der Waals surface area contributed by atoms with Crippen LogP contribution in [-0.4, -0.2) is 6.21 Å². The summed E-state index contributed by atoms with van der Waals surface area (Å²) >= 11 is 0. The Morgan fingerprint density at radius 2 is 1.75 bits per heavy atom. The SMILES string of the molecule is C=C1C=NC(C(C)C)=C1C(C)C. The van der Waals surface area contributed by atoms with Crippen LogP contribution in [0.3, 0.4) is 0 Å². The van der Waals surface area contributed by atoms with Crippen LogP contribution < -0.4 is 0 Å². The van der Waals surface area contributed by atoms with E-state index in [0.717, 1.165) is 5.57 Å². The van der Waals surface area contributed by atoms with Crippen LogP contribution in [0.25, 0.3) is 0 Å². The first-order valence-corrected chi connectivity index (χ1v) is 4.51. The smallest absolute Gasteiger partial charge is 0.0470 e. The summed E-state index contributed by atoms with van der Waals surface area (Å²) in [6.07, 6.45) is 1.88. The minimum Gasteiger partial charge on any atom is -0.260 e. The Kier molecular flexibility index (Phi) is 2.51. The quantitative estimate of drug-likeness (QED) is 0.593. The molecule has 0 saturated heterocycles. The van der Waals surface area contributed by atoms with Gasteiger partial charge in [0.15, 0.2) is 0 Å². The van der Waals surface area contributed by atoms with Crippen molar-refractivity contribution in [2.24, 2.45) is 16.8 Å². The van der Waals surface area contributed by atoms with Gasteiger partial charge < -0.3 is 0 Å². The van der Waals surface area contributed by atoms with Gasteiger partial charge in [0.25, 0.3) is 0 Å². The molecule has 0 saturated carbocycles. The lowest BCUT2D eigenvalue weighted by molar-refractivity contribution is 0.704. The molecule has 0 spiro atoms. The van der Waals surface area contributed by atoms with E-state index >= 15 is 0 Å². The normalized spacial score (nSPS) is 17.3. The number of hydrogen-bond donors (Lipinski definition) is 0. The van der Waals surface area contributed by atoms with Crippen LogP contribution in [0, 0.1) is 11.8 Å². The number of allylic oxidation sites excluding steroid dienone is 3. The van der Waals surface area contributed by atoms with Crippen molar-refractivity contribution in [3.63, 3.8) is 0 Å². The van der Waals surface area contributed by atoms with E-state index in [1.54, 1.807) is 0 Å². The molecule has 0 aromatic carbocycles. The van der Waals surface area contributed by atoms with E-state index in [1.807, 2.05) is 6.21 Å². The van der Waals surface area contributed by atoms with Crippen molar-refractivity contribution >= 4 is 6.21 Å². The molecule has 1 heteroatoms. The average Bonchev–Trinajstić information content (AvgIpc) is 2.30. The highest BCUT2D eigenvalue weighted by Crippen LogP contribution is 2.30. The molecule has 1 heterocycles. The zero-order chi connectivity index (χ0) is 9.30. The summed E-state index contributed by atoms with van der Waals surface area (Å²) < 4.78 is 0. The lowest BCUT2D eigenvalue weighted by atomic mass is 9.93. The molecule has 0 atom stereocenters. The van der Waals surface area contributed by atoms with Crippen LogP contribution in [0.5, 0.6) is 0 Å². The van der Waals surface area contributed by atoms with E-state index in [-0.39, 0.29) is 0 Å². The van der Waals surface area contributed by atoms with Crippen LogP contribution in [0.4, 0.5) is 0 Å². The fourth-order valence-electron chi connectivity index (χ4n) is 1.58. The second-order valence-corrected chi connectivity index (χ2v) is 3.89. The molecule has 12 heavy (non-hydrogen) atoms. The summed E-state index contributed by atoms with van der Waals surface area (Å²) in [4.78, 5) is 4.37. The zero-order valence-corrected chi connectivity index (χ0v) is 8.39. The molecule has 1 nitrogen and oxygen atoms in total. The van der Waals surface area contributed by atoms with Crippen LogP contribution in [0.15, 0.2) is 28.4 Å². The maximum absolute atomic E-state index is 4.37. The molecule has 0 aliphatic carbocycles. The standard InChI is InChI=1S/C11H17N/c1-7(2)10-9(5)6-12-11(10)8(3)4/h6-8H,5H2,1-4H3. The van der Waals surface area contributed by atoms with Crippen molar-refractivity contribution in [2.45, 2.75) is 27.7 Å². The van der Waals surface area contributed by atoms with Gasteiger partial charge in [-0.25, -0.2) is 0 Å². The van der Waals surface area contributed by atoms with Crippen LogP contribution in [-0.2, 0) is 0 Å². The highest BCUT2D eigenvalue weighted by atomic mass is 14.8. The topological polar surface area (TPSA) is 12.4 Å². The van der Waals surface area contributed by atoms with Gasteiger partial charge in [-0.15, -0.1) is 0 Å². The van der Waals surface area contributed by atoms with Gasteiger partial charge in [-0.05, 0) is 23.0 Å². The van der Waals surface area contributed by atoms with Gasteiger partial charge in [-0.1, -0.05) is 34.3 Å². The highest BCUT2D eigenvalue weighted by molar-refractivity contribution is 5.88. The largest absolute Gasteiger partial charge is 0.260 e. The summed E-state index contributed by atoms with van der Waals surface area (Å²) in [7, 11) is 0. The Bertz CT molecular complexity index is 244. The molecule has 1 aliphatic heterocycles. The van der Waals surface area contributed by atoms with E-state index in [9.17, 15) is 0 Å². The molecule has 1 rings (SSSR count). The maximum Gasteiger partial charge on any atom is 0.0470 e. The summed E-state index contributed by atoms with van der Waals surface area (Å²) in [6, 6.07) is 0. The molecular weight excluding hydrogens is 146 g/mol. The first kappa shape index (κ1) is 9.24. The van der Waals surface area contributed by atoms with Gasteiger partial charge in [0, 0.05) is 11.9 Å². The Hall–Kier alpha value is -0.850. The zero-order valence-electron chi connectivity index (χ0n) is 8.39. The van der Waals surface area contributed by atoms with Crippen molar-refractivity contribution in [2.75, 3.05) is 0 Å². The Balaban J connectivity index is 3.05. The summed E-state index contributed by atoms with van der Waals surface area (Å²) in [5, 5.41) is 0. The van der Waals surface area contributed by atoms with E-state index in [2.05, 4.69) is 39.3 Å². The predicted octanol–water partition coefficient (Wildman–Crippen LogP) is 3.19. The average molecular weight is 163 g/mol.